The third-order valence-electron chi connectivity index (χ3n) is 7.92. The molecule has 0 radical (unpaired) electrons. The van der Waals surface area contributed by atoms with E-state index in [0.717, 1.165) is 18.9 Å². The van der Waals surface area contributed by atoms with E-state index >= 15 is 0 Å². The van der Waals surface area contributed by atoms with Crippen molar-refractivity contribution >= 4 is 29.9 Å². The average molecular weight is 507 g/mol. The summed E-state index contributed by atoms with van der Waals surface area (Å²) in [6.07, 6.45) is 6.05. The number of hydrogen-bond donors (Lipinski definition) is 3. The summed E-state index contributed by atoms with van der Waals surface area (Å²) in [6, 6.07) is 9.36. The predicted molar refractivity (Wildman–Crippen MR) is 151 cm³/mol. The number of hydrogen-bond acceptors (Lipinski definition) is 8. The van der Waals surface area contributed by atoms with E-state index in [4.69, 9.17) is 10.7 Å². The van der Waals surface area contributed by atoms with Gasteiger partial charge in [0.1, 0.15) is 5.69 Å². The summed E-state index contributed by atoms with van der Waals surface area (Å²) < 4.78 is 0. The van der Waals surface area contributed by atoms with Crippen molar-refractivity contribution in [3.05, 3.63) is 41.2 Å². The zero-order valence-electron chi connectivity index (χ0n) is 22.7. The van der Waals surface area contributed by atoms with Gasteiger partial charge in [-0.2, -0.15) is 0 Å². The van der Waals surface area contributed by atoms with Crippen LogP contribution in [-0.2, 0) is 6.54 Å². The van der Waals surface area contributed by atoms with Crippen LogP contribution < -0.4 is 16.0 Å². The molecule has 0 bridgehead atoms. The van der Waals surface area contributed by atoms with Gasteiger partial charge in [-0.3, -0.25) is 4.90 Å². The first-order valence-corrected chi connectivity index (χ1v) is 13.5. The fraction of sp³-hybridized carbons (Fsp3) is 0.571. The summed E-state index contributed by atoms with van der Waals surface area (Å²) in [5.41, 5.74) is 9.14. The fourth-order valence-electron chi connectivity index (χ4n) is 5.49. The average Bonchev–Trinajstić information content (AvgIpc) is 3.31. The molecule has 2 heterocycles. The normalized spacial score (nSPS) is 19.6. The van der Waals surface area contributed by atoms with Crippen molar-refractivity contribution in [3.63, 3.8) is 0 Å². The lowest BCUT2D eigenvalue weighted by Crippen LogP contribution is -2.43. The van der Waals surface area contributed by atoms with Crippen LogP contribution in [0, 0.1) is 18.8 Å². The quantitative estimate of drug-likeness (QED) is 0.172. The Balaban J connectivity index is 1.79. The molecule has 200 valence electrons. The van der Waals surface area contributed by atoms with Gasteiger partial charge in [0.05, 0.1) is 6.67 Å². The molecule has 2 fully saturated rings. The molecular formula is C28H42N8O. The van der Waals surface area contributed by atoms with Crippen LogP contribution in [-0.4, -0.2) is 57.9 Å². The van der Waals surface area contributed by atoms with Gasteiger partial charge in [-0.05, 0) is 63.6 Å². The number of benzene rings is 1. The second kappa shape index (κ2) is 11.9. The molecule has 1 saturated carbocycles. The van der Waals surface area contributed by atoms with Crippen molar-refractivity contribution < 1.29 is 5.21 Å². The Hall–Kier alpha value is -3.20. The fourth-order valence-corrected chi connectivity index (χ4v) is 5.49. The predicted octanol–water partition coefficient (Wildman–Crippen LogP) is 4.90. The van der Waals surface area contributed by atoms with Crippen molar-refractivity contribution in [2.45, 2.75) is 78.4 Å². The first kappa shape index (κ1) is 26.9. The Morgan fingerprint density at radius 1 is 1.19 bits per heavy atom. The molecule has 1 aromatic carbocycles. The molecule has 0 spiro atoms. The molecule has 2 aliphatic rings. The van der Waals surface area contributed by atoms with Crippen molar-refractivity contribution in [1.29, 1.82) is 0 Å². The van der Waals surface area contributed by atoms with Crippen LogP contribution in [0.2, 0.25) is 0 Å². The van der Waals surface area contributed by atoms with Crippen LogP contribution in [0.25, 0.3) is 0 Å². The Morgan fingerprint density at radius 2 is 1.92 bits per heavy atom. The highest BCUT2D eigenvalue weighted by Crippen LogP contribution is 2.38. The molecule has 1 aromatic heterocycles. The van der Waals surface area contributed by atoms with Gasteiger partial charge in [0.25, 0.3) is 0 Å². The molecule has 1 saturated heterocycles. The molecular weight excluding hydrogens is 464 g/mol. The van der Waals surface area contributed by atoms with E-state index in [0.29, 0.717) is 36.1 Å². The van der Waals surface area contributed by atoms with Crippen molar-refractivity contribution in [1.82, 2.24) is 14.9 Å². The Bertz CT molecular complexity index is 1100. The highest BCUT2D eigenvalue weighted by molar-refractivity contribution is 5.95. The largest absolute Gasteiger partial charge is 0.409 e. The molecule has 9 nitrogen and oxygen atoms in total. The van der Waals surface area contributed by atoms with Crippen molar-refractivity contribution in [2.75, 3.05) is 23.4 Å². The lowest BCUT2D eigenvalue weighted by molar-refractivity contribution is 0.205. The first-order chi connectivity index (χ1) is 17.8. The number of likely N-dealkylation sites (tertiary alicyclic amines) is 1. The highest BCUT2D eigenvalue weighted by atomic mass is 16.4. The summed E-state index contributed by atoms with van der Waals surface area (Å²) >= 11 is 0. The molecule has 4 N–H and O–H groups in total. The van der Waals surface area contributed by atoms with Gasteiger partial charge in [-0.25, -0.2) is 15.0 Å². The summed E-state index contributed by atoms with van der Waals surface area (Å²) in [7, 11) is 0. The smallest absolute Gasteiger partial charge is 0.208 e. The van der Waals surface area contributed by atoms with Crippen LogP contribution in [0.4, 0.5) is 17.3 Å². The second-order valence-electron chi connectivity index (χ2n) is 10.9. The van der Waals surface area contributed by atoms with Crippen LogP contribution in [0.5, 0.6) is 0 Å². The molecule has 1 aliphatic heterocycles. The number of rotatable bonds is 11. The number of nitrogens with one attached hydrogen (secondary N) is 1. The number of anilines is 2. The van der Waals surface area contributed by atoms with E-state index in [1.54, 1.807) is 0 Å². The van der Waals surface area contributed by atoms with E-state index in [-0.39, 0.29) is 17.7 Å². The van der Waals surface area contributed by atoms with E-state index in [1.165, 1.54) is 43.2 Å². The van der Waals surface area contributed by atoms with Crippen LogP contribution in [0.3, 0.4) is 0 Å². The van der Waals surface area contributed by atoms with Gasteiger partial charge < -0.3 is 21.2 Å². The first-order valence-electron chi connectivity index (χ1n) is 13.5. The minimum absolute atomic E-state index is 0.133. The number of nitrogens with two attached hydrogens (primary N) is 1. The van der Waals surface area contributed by atoms with Gasteiger partial charge in [0, 0.05) is 25.2 Å². The molecule has 0 amide bonds. The molecule has 1 aliphatic carbocycles. The molecule has 37 heavy (non-hydrogen) atoms. The lowest BCUT2D eigenvalue weighted by Gasteiger charge is -2.37. The number of amidine groups is 1. The summed E-state index contributed by atoms with van der Waals surface area (Å²) in [6.45, 7) is 15.2. The maximum Gasteiger partial charge on any atom is 0.208 e. The van der Waals surface area contributed by atoms with Crippen LogP contribution in [0.15, 0.2) is 34.4 Å². The third kappa shape index (κ3) is 6.21. The van der Waals surface area contributed by atoms with Crippen LogP contribution in [0.1, 0.15) is 69.8 Å². The number of aromatic nitrogens is 2. The number of aryl methyl sites for hydroxylation is 1. The Labute approximate surface area is 220 Å². The van der Waals surface area contributed by atoms with Gasteiger partial charge in [0.2, 0.25) is 11.7 Å². The number of oxime groups is 1. The highest BCUT2D eigenvalue weighted by Gasteiger charge is 2.32. The minimum atomic E-state index is -0.153. The summed E-state index contributed by atoms with van der Waals surface area (Å²) in [5.74, 6) is 2.20. The summed E-state index contributed by atoms with van der Waals surface area (Å²) in [5, 5.41) is 16.1. The molecule has 2 atom stereocenters. The lowest BCUT2D eigenvalue weighted by atomic mass is 9.80. The molecule has 9 heteroatoms. The third-order valence-corrected chi connectivity index (χ3v) is 7.92. The zero-order valence-corrected chi connectivity index (χ0v) is 22.7. The molecule has 2 aromatic rings. The van der Waals surface area contributed by atoms with Crippen molar-refractivity contribution in [3.8, 4) is 0 Å². The van der Waals surface area contributed by atoms with Gasteiger partial charge in [-0.15, -0.1) is 0 Å². The van der Waals surface area contributed by atoms with Gasteiger partial charge in [-0.1, -0.05) is 55.3 Å². The minimum Gasteiger partial charge on any atom is -0.409 e. The van der Waals surface area contributed by atoms with E-state index in [2.05, 4.69) is 88.9 Å². The standard InChI is InChI=1S/C28H42N8O/c1-18(2)23-10-7-15-35(23)17-36(16-21-13-11-19(3)12-14-21)24-26(30-5)32-28(25(29)34-37)33-27(24)31-20(4)22-8-6-9-22/h11-14,18,20,22-23,37H,5-10,15-17H2,1-4H3,(H2,29,34)(H,31,32,33)/t20-,23?/m1/s1. The van der Waals surface area contributed by atoms with E-state index in [1.807, 2.05) is 0 Å². The topological polar surface area (TPSA) is 115 Å². The second-order valence-corrected chi connectivity index (χ2v) is 10.9. The zero-order chi connectivity index (χ0) is 26.5. The summed E-state index contributed by atoms with van der Waals surface area (Å²) in [4.78, 5) is 18.5. The Morgan fingerprint density at radius 3 is 2.51 bits per heavy atom. The molecule has 4 rings (SSSR count). The maximum absolute atomic E-state index is 9.33. The van der Waals surface area contributed by atoms with E-state index < -0.39 is 0 Å². The SMILES string of the molecule is C=Nc1nc(/C(N)=N/O)nc(N[C@H](C)C2CCC2)c1N(Cc1ccc(C)cc1)CN1CCCC1C(C)C. The number of nitrogens with zero attached hydrogens (tertiary/aromatic N) is 6. The Kier molecular flexibility index (Phi) is 8.63. The number of aliphatic imine (C=N–C) groups is 1. The van der Waals surface area contributed by atoms with Crippen LogP contribution >= 0.6 is 0 Å². The monoisotopic (exact) mass is 506 g/mol. The van der Waals surface area contributed by atoms with E-state index in [9.17, 15) is 5.21 Å². The maximum atomic E-state index is 9.33. The van der Waals surface area contributed by atoms with Gasteiger partial charge in [0.15, 0.2) is 11.6 Å². The van der Waals surface area contributed by atoms with Gasteiger partial charge >= 0.3 is 0 Å². The van der Waals surface area contributed by atoms with Crippen molar-refractivity contribution in [2.24, 2.45) is 27.7 Å². The molecule has 1 unspecified atom stereocenters.